The van der Waals surface area contributed by atoms with Gasteiger partial charge in [0.1, 0.15) is 0 Å². The Morgan fingerprint density at radius 1 is 1.33 bits per heavy atom. The van der Waals surface area contributed by atoms with E-state index in [1.54, 1.807) is 0 Å². The van der Waals surface area contributed by atoms with E-state index in [-0.39, 0.29) is 0 Å². The molecule has 2 aromatic rings. The number of nitrogens with zero attached hydrogens (tertiary/aromatic N) is 1. The molecule has 0 aliphatic carbocycles. The summed E-state index contributed by atoms with van der Waals surface area (Å²) in [5.74, 6) is 0. The van der Waals surface area contributed by atoms with Gasteiger partial charge in [-0.2, -0.15) is 5.26 Å². The van der Waals surface area contributed by atoms with Gasteiger partial charge in [-0.25, -0.2) is 0 Å². The van der Waals surface area contributed by atoms with Gasteiger partial charge in [-0.05, 0) is 17.7 Å². The van der Waals surface area contributed by atoms with Crippen molar-refractivity contribution in [3.8, 4) is 6.07 Å². The summed E-state index contributed by atoms with van der Waals surface area (Å²) in [5, 5.41) is 12.9. The van der Waals surface area contributed by atoms with Gasteiger partial charge in [-0.1, -0.05) is 12.1 Å². The second kappa shape index (κ2) is 4.63. The van der Waals surface area contributed by atoms with Crippen molar-refractivity contribution in [1.82, 2.24) is 10.3 Å². The largest absolute Gasteiger partial charge is 0.361 e. The SMILES string of the molecule is N#CCCNCc1cccc2[nH]ccc12. The monoisotopic (exact) mass is 199 g/mol. The van der Waals surface area contributed by atoms with Crippen molar-refractivity contribution < 1.29 is 0 Å². The Hall–Kier alpha value is -1.79. The topological polar surface area (TPSA) is 51.6 Å². The minimum absolute atomic E-state index is 0.559. The van der Waals surface area contributed by atoms with Gasteiger partial charge in [-0.3, -0.25) is 0 Å². The minimum Gasteiger partial charge on any atom is -0.361 e. The van der Waals surface area contributed by atoms with Crippen molar-refractivity contribution >= 4 is 10.9 Å². The molecule has 2 N–H and O–H groups in total. The van der Waals surface area contributed by atoms with Crippen molar-refractivity contribution in [3.63, 3.8) is 0 Å². The van der Waals surface area contributed by atoms with Crippen molar-refractivity contribution in [2.24, 2.45) is 0 Å². The van der Waals surface area contributed by atoms with Gasteiger partial charge in [0, 0.05) is 36.6 Å². The van der Waals surface area contributed by atoms with E-state index in [1.807, 2.05) is 12.3 Å². The molecule has 2 rings (SSSR count). The summed E-state index contributed by atoms with van der Waals surface area (Å²) in [6.07, 6.45) is 2.51. The molecule has 0 amide bonds. The number of aromatic nitrogens is 1. The van der Waals surface area contributed by atoms with Gasteiger partial charge in [0.15, 0.2) is 0 Å². The third-order valence-electron chi connectivity index (χ3n) is 2.41. The minimum atomic E-state index is 0.559. The Balaban J connectivity index is 2.08. The second-order valence-electron chi connectivity index (χ2n) is 3.44. The summed E-state index contributed by atoms with van der Waals surface area (Å²) in [7, 11) is 0. The van der Waals surface area contributed by atoms with E-state index in [2.05, 4.69) is 34.6 Å². The van der Waals surface area contributed by atoms with E-state index in [1.165, 1.54) is 10.9 Å². The van der Waals surface area contributed by atoms with E-state index in [4.69, 9.17) is 5.26 Å². The molecule has 1 heterocycles. The van der Waals surface area contributed by atoms with Crippen LogP contribution in [0.25, 0.3) is 10.9 Å². The van der Waals surface area contributed by atoms with Crippen LogP contribution in [0.5, 0.6) is 0 Å². The van der Waals surface area contributed by atoms with E-state index in [0.717, 1.165) is 18.6 Å². The number of aromatic amines is 1. The Morgan fingerprint density at radius 3 is 3.13 bits per heavy atom. The molecule has 1 aromatic carbocycles. The lowest BCUT2D eigenvalue weighted by atomic mass is 10.1. The molecule has 0 atom stereocenters. The molecule has 0 aliphatic rings. The molecule has 1 aromatic heterocycles. The van der Waals surface area contributed by atoms with E-state index < -0.39 is 0 Å². The summed E-state index contributed by atoms with van der Waals surface area (Å²) in [4.78, 5) is 3.18. The molecule has 76 valence electrons. The highest BCUT2D eigenvalue weighted by Gasteiger charge is 2.00. The molecule has 3 nitrogen and oxygen atoms in total. The Labute approximate surface area is 88.7 Å². The maximum Gasteiger partial charge on any atom is 0.0635 e. The average Bonchev–Trinajstić information content (AvgIpc) is 2.73. The summed E-state index contributed by atoms with van der Waals surface area (Å²) >= 11 is 0. The lowest BCUT2D eigenvalue weighted by molar-refractivity contribution is 0.702. The van der Waals surface area contributed by atoms with E-state index >= 15 is 0 Å². The van der Waals surface area contributed by atoms with Crippen LogP contribution in [-0.4, -0.2) is 11.5 Å². The molecule has 15 heavy (non-hydrogen) atoms. The number of hydrogen-bond acceptors (Lipinski definition) is 2. The first-order valence-electron chi connectivity index (χ1n) is 5.04. The Bertz CT molecular complexity index is 479. The van der Waals surface area contributed by atoms with Crippen LogP contribution in [0, 0.1) is 11.3 Å². The zero-order chi connectivity index (χ0) is 10.5. The Morgan fingerprint density at radius 2 is 2.27 bits per heavy atom. The van der Waals surface area contributed by atoms with Crippen LogP contribution in [0.15, 0.2) is 30.5 Å². The van der Waals surface area contributed by atoms with Crippen molar-refractivity contribution in [2.75, 3.05) is 6.54 Å². The zero-order valence-corrected chi connectivity index (χ0v) is 8.46. The van der Waals surface area contributed by atoms with Gasteiger partial charge in [0.05, 0.1) is 6.07 Å². The number of hydrogen-bond donors (Lipinski definition) is 2. The molecule has 0 saturated carbocycles. The summed E-state index contributed by atoms with van der Waals surface area (Å²) in [6.45, 7) is 1.56. The van der Waals surface area contributed by atoms with Crippen LogP contribution in [0.2, 0.25) is 0 Å². The predicted molar refractivity (Wildman–Crippen MR) is 60.2 cm³/mol. The van der Waals surface area contributed by atoms with Crippen LogP contribution in [0.4, 0.5) is 0 Å². The standard InChI is InChI=1S/C12H13N3/c13-6-2-7-14-9-10-3-1-4-12-11(10)5-8-15-12/h1,3-5,8,14-15H,2,7,9H2. The quantitative estimate of drug-likeness (QED) is 0.741. The third kappa shape index (κ3) is 2.17. The second-order valence-corrected chi connectivity index (χ2v) is 3.44. The van der Waals surface area contributed by atoms with Crippen molar-refractivity contribution in [2.45, 2.75) is 13.0 Å². The predicted octanol–water partition coefficient (Wildman–Crippen LogP) is 2.17. The highest BCUT2D eigenvalue weighted by Crippen LogP contribution is 2.16. The maximum absolute atomic E-state index is 8.41. The van der Waals surface area contributed by atoms with Gasteiger partial charge in [0.2, 0.25) is 0 Å². The van der Waals surface area contributed by atoms with Crippen molar-refractivity contribution in [3.05, 3.63) is 36.0 Å². The van der Waals surface area contributed by atoms with Gasteiger partial charge in [0.25, 0.3) is 0 Å². The molecule has 0 aliphatic heterocycles. The molecule has 0 spiro atoms. The number of fused-ring (bicyclic) bond motifs is 1. The van der Waals surface area contributed by atoms with Crippen LogP contribution < -0.4 is 5.32 Å². The number of rotatable bonds is 4. The molecule has 3 heteroatoms. The first kappa shape index (κ1) is 9.75. The first-order chi connectivity index (χ1) is 7.42. The number of nitrogens with one attached hydrogen (secondary N) is 2. The first-order valence-corrected chi connectivity index (χ1v) is 5.04. The smallest absolute Gasteiger partial charge is 0.0635 e. The van der Waals surface area contributed by atoms with E-state index in [9.17, 15) is 0 Å². The highest BCUT2D eigenvalue weighted by atomic mass is 14.8. The van der Waals surface area contributed by atoms with Gasteiger partial charge >= 0.3 is 0 Å². The number of H-pyrrole nitrogens is 1. The highest BCUT2D eigenvalue weighted by molar-refractivity contribution is 5.82. The normalized spacial score (nSPS) is 10.3. The third-order valence-corrected chi connectivity index (χ3v) is 2.41. The lowest BCUT2D eigenvalue weighted by Gasteiger charge is -2.03. The fourth-order valence-corrected chi connectivity index (χ4v) is 1.67. The summed E-state index contributed by atoms with van der Waals surface area (Å²) < 4.78 is 0. The van der Waals surface area contributed by atoms with Crippen LogP contribution in [-0.2, 0) is 6.54 Å². The molecule has 0 unspecified atom stereocenters. The fourth-order valence-electron chi connectivity index (χ4n) is 1.67. The maximum atomic E-state index is 8.41. The van der Waals surface area contributed by atoms with Gasteiger partial charge < -0.3 is 10.3 Å². The molecule has 0 saturated heterocycles. The number of benzene rings is 1. The number of nitriles is 1. The molecule has 0 radical (unpaired) electrons. The molecular formula is C12H13N3. The Kier molecular flexibility index (Phi) is 3.01. The molecule has 0 fully saturated rings. The summed E-state index contributed by atoms with van der Waals surface area (Å²) in [6, 6.07) is 10.4. The van der Waals surface area contributed by atoms with Crippen molar-refractivity contribution in [1.29, 1.82) is 5.26 Å². The van der Waals surface area contributed by atoms with Crippen LogP contribution in [0.1, 0.15) is 12.0 Å². The average molecular weight is 199 g/mol. The zero-order valence-electron chi connectivity index (χ0n) is 8.46. The van der Waals surface area contributed by atoms with E-state index in [0.29, 0.717) is 6.42 Å². The van der Waals surface area contributed by atoms with Crippen LogP contribution >= 0.6 is 0 Å². The molecule has 0 bridgehead atoms. The summed E-state index contributed by atoms with van der Waals surface area (Å²) in [5.41, 5.74) is 2.43. The van der Waals surface area contributed by atoms with Gasteiger partial charge in [-0.15, -0.1) is 0 Å². The fraction of sp³-hybridized carbons (Fsp3) is 0.250. The lowest BCUT2D eigenvalue weighted by Crippen LogP contribution is -2.14. The van der Waals surface area contributed by atoms with Crippen LogP contribution in [0.3, 0.4) is 0 Å². The molecular weight excluding hydrogens is 186 g/mol.